The number of hydrogen-bond acceptors (Lipinski definition) is 7. The molecule has 2 aromatic heterocycles. The molecule has 30 heavy (non-hydrogen) atoms. The third-order valence-electron chi connectivity index (χ3n) is 5.89. The van der Waals surface area contributed by atoms with Gasteiger partial charge in [0.15, 0.2) is 0 Å². The largest absolute Gasteiger partial charge is 0.338 e. The molecule has 2 aromatic rings. The summed E-state index contributed by atoms with van der Waals surface area (Å²) < 4.78 is 28.6. The third kappa shape index (κ3) is 4.47. The van der Waals surface area contributed by atoms with Gasteiger partial charge in [-0.25, -0.2) is 18.1 Å². The Balaban J connectivity index is 1.47. The Morgan fingerprint density at radius 1 is 1.27 bits per heavy atom. The minimum absolute atomic E-state index is 0.0375. The van der Waals surface area contributed by atoms with E-state index in [2.05, 4.69) is 21.5 Å². The molecule has 4 rings (SSSR count). The van der Waals surface area contributed by atoms with Gasteiger partial charge in [-0.2, -0.15) is 0 Å². The van der Waals surface area contributed by atoms with Crippen molar-refractivity contribution in [3.05, 3.63) is 22.0 Å². The van der Waals surface area contributed by atoms with Crippen LogP contribution < -0.4 is 4.72 Å². The second kappa shape index (κ2) is 9.04. The fourth-order valence-corrected chi connectivity index (χ4v) is 7.55. The fourth-order valence-electron chi connectivity index (χ4n) is 4.17. The Labute approximate surface area is 186 Å². The predicted molar refractivity (Wildman–Crippen MR) is 121 cm³/mol. The van der Waals surface area contributed by atoms with E-state index in [9.17, 15) is 13.2 Å². The van der Waals surface area contributed by atoms with Crippen molar-refractivity contribution < 1.29 is 13.2 Å². The van der Waals surface area contributed by atoms with Crippen molar-refractivity contribution in [3.8, 4) is 10.6 Å². The SMILES string of the molecule is CCN1CCC[C@H]1CNS(=O)(=O)c1cc(-c2nc(C)c(C(=O)N3CCCC3)s2)cs1. The van der Waals surface area contributed by atoms with Gasteiger partial charge < -0.3 is 4.90 Å². The van der Waals surface area contributed by atoms with Crippen molar-refractivity contribution in [1.29, 1.82) is 0 Å². The van der Waals surface area contributed by atoms with Crippen LogP contribution in [-0.2, 0) is 10.0 Å². The molecule has 0 unspecified atom stereocenters. The van der Waals surface area contributed by atoms with Crippen molar-refractivity contribution in [2.75, 3.05) is 32.7 Å². The van der Waals surface area contributed by atoms with E-state index in [0.717, 1.165) is 57.4 Å². The van der Waals surface area contributed by atoms with Crippen molar-refractivity contribution in [2.24, 2.45) is 0 Å². The summed E-state index contributed by atoms with van der Waals surface area (Å²) in [4.78, 5) is 22.1. The highest BCUT2D eigenvalue weighted by atomic mass is 32.2. The normalized spacial score (nSPS) is 20.3. The zero-order valence-electron chi connectivity index (χ0n) is 17.4. The van der Waals surface area contributed by atoms with Gasteiger partial charge >= 0.3 is 0 Å². The fraction of sp³-hybridized carbons (Fsp3) is 0.600. The number of sulfonamides is 1. The molecule has 1 amide bonds. The highest BCUT2D eigenvalue weighted by Gasteiger charge is 2.27. The van der Waals surface area contributed by atoms with Gasteiger partial charge in [-0.3, -0.25) is 9.69 Å². The number of aryl methyl sites for hydroxylation is 1. The quantitative estimate of drug-likeness (QED) is 0.675. The molecule has 0 aliphatic carbocycles. The van der Waals surface area contributed by atoms with Crippen LogP contribution in [0.1, 0.15) is 48.0 Å². The first kappa shape index (κ1) is 21.9. The standard InChI is InChI=1S/C20H28N4O3S3/c1-3-23-10-6-7-16(23)12-21-30(26,27)17-11-15(13-28-17)19-22-14(2)18(29-19)20(25)24-8-4-5-9-24/h11,13,16,21H,3-10,12H2,1-2H3/t16-/m0/s1. The zero-order chi connectivity index (χ0) is 21.3. The number of likely N-dealkylation sites (tertiary alicyclic amines) is 2. The number of nitrogens with one attached hydrogen (secondary N) is 1. The van der Waals surface area contributed by atoms with Crippen LogP contribution in [0, 0.1) is 6.92 Å². The average Bonchev–Trinajstić information content (AvgIpc) is 3.52. The van der Waals surface area contributed by atoms with E-state index in [-0.39, 0.29) is 11.9 Å². The van der Waals surface area contributed by atoms with Crippen LogP contribution in [0.3, 0.4) is 0 Å². The highest BCUT2D eigenvalue weighted by molar-refractivity contribution is 7.91. The van der Waals surface area contributed by atoms with E-state index in [1.807, 2.05) is 17.2 Å². The first-order valence-electron chi connectivity index (χ1n) is 10.5. The lowest BCUT2D eigenvalue weighted by Crippen LogP contribution is -2.39. The summed E-state index contributed by atoms with van der Waals surface area (Å²) >= 11 is 2.55. The lowest BCUT2D eigenvalue weighted by molar-refractivity contribution is 0.0796. The molecule has 0 aromatic carbocycles. The molecule has 164 valence electrons. The van der Waals surface area contributed by atoms with E-state index in [0.29, 0.717) is 26.3 Å². The molecule has 2 aliphatic heterocycles. The van der Waals surface area contributed by atoms with Crippen LogP contribution in [0.25, 0.3) is 10.6 Å². The average molecular weight is 469 g/mol. The van der Waals surface area contributed by atoms with Crippen molar-refractivity contribution >= 4 is 38.6 Å². The van der Waals surface area contributed by atoms with Crippen LogP contribution in [0.4, 0.5) is 0 Å². The number of nitrogens with zero attached hydrogens (tertiary/aromatic N) is 3. The first-order valence-corrected chi connectivity index (χ1v) is 13.7. The number of carbonyl (C=O) groups is 1. The van der Waals surface area contributed by atoms with Crippen molar-refractivity contribution in [1.82, 2.24) is 19.5 Å². The predicted octanol–water partition coefficient (Wildman–Crippen LogP) is 3.18. The Morgan fingerprint density at radius 3 is 2.77 bits per heavy atom. The molecule has 0 saturated carbocycles. The summed E-state index contributed by atoms with van der Waals surface area (Å²) in [7, 11) is -3.56. The molecule has 0 bridgehead atoms. The Morgan fingerprint density at radius 2 is 2.03 bits per heavy atom. The Hall–Kier alpha value is -1.33. The molecule has 4 heterocycles. The maximum atomic E-state index is 12.8. The molecular weight excluding hydrogens is 440 g/mol. The minimum Gasteiger partial charge on any atom is -0.338 e. The summed E-state index contributed by atoms with van der Waals surface area (Å²) in [5.41, 5.74) is 1.46. The van der Waals surface area contributed by atoms with Crippen LogP contribution in [0.5, 0.6) is 0 Å². The van der Waals surface area contributed by atoms with Gasteiger partial charge in [0.25, 0.3) is 5.91 Å². The molecule has 2 fully saturated rings. The molecular formula is C20H28N4O3S3. The Bertz CT molecular complexity index is 1010. The number of thiophene rings is 1. The zero-order valence-corrected chi connectivity index (χ0v) is 19.8. The van der Waals surface area contributed by atoms with Crippen molar-refractivity contribution in [2.45, 2.75) is 49.8 Å². The second-order valence-corrected chi connectivity index (χ2v) is 11.8. The monoisotopic (exact) mass is 468 g/mol. The second-order valence-electron chi connectivity index (χ2n) is 7.86. The lowest BCUT2D eigenvalue weighted by Gasteiger charge is -2.22. The van der Waals surface area contributed by atoms with Crippen LogP contribution >= 0.6 is 22.7 Å². The number of amides is 1. The van der Waals surface area contributed by atoms with Gasteiger partial charge in [0.2, 0.25) is 10.0 Å². The third-order valence-corrected chi connectivity index (χ3v) is 9.94. The Kier molecular flexibility index (Phi) is 6.59. The number of aromatic nitrogens is 1. The number of carbonyl (C=O) groups excluding carboxylic acids is 1. The summed E-state index contributed by atoms with van der Waals surface area (Å²) in [5, 5.41) is 2.51. The highest BCUT2D eigenvalue weighted by Crippen LogP contribution is 2.34. The maximum Gasteiger partial charge on any atom is 0.265 e. The summed E-state index contributed by atoms with van der Waals surface area (Å²) in [6, 6.07) is 1.94. The van der Waals surface area contributed by atoms with Gasteiger partial charge in [-0.1, -0.05) is 6.92 Å². The first-order chi connectivity index (χ1) is 14.4. The molecule has 2 aliphatic rings. The van der Waals surface area contributed by atoms with E-state index in [1.165, 1.54) is 22.7 Å². The number of thiazole rings is 1. The van der Waals surface area contributed by atoms with Gasteiger partial charge in [0.1, 0.15) is 14.1 Å². The topological polar surface area (TPSA) is 82.6 Å². The van der Waals surface area contributed by atoms with E-state index in [4.69, 9.17) is 0 Å². The van der Waals surface area contributed by atoms with E-state index < -0.39 is 10.0 Å². The molecule has 0 spiro atoms. The molecule has 10 heteroatoms. The molecule has 2 saturated heterocycles. The van der Waals surface area contributed by atoms with Gasteiger partial charge in [-0.05, 0) is 51.8 Å². The smallest absolute Gasteiger partial charge is 0.265 e. The van der Waals surface area contributed by atoms with E-state index in [1.54, 1.807) is 6.07 Å². The van der Waals surface area contributed by atoms with Gasteiger partial charge in [0, 0.05) is 36.6 Å². The molecule has 7 nitrogen and oxygen atoms in total. The lowest BCUT2D eigenvalue weighted by atomic mass is 10.2. The van der Waals surface area contributed by atoms with Crippen LogP contribution in [0.2, 0.25) is 0 Å². The maximum absolute atomic E-state index is 12.8. The number of likely N-dealkylation sites (N-methyl/N-ethyl adjacent to an activating group) is 1. The molecule has 1 N–H and O–H groups in total. The summed E-state index contributed by atoms with van der Waals surface area (Å²) in [6.07, 6.45) is 4.24. The van der Waals surface area contributed by atoms with Gasteiger partial charge in [0.05, 0.1) is 5.69 Å². The minimum atomic E-state index is -3.56. The molecule has 0 radical (unpaired) electrons. The molecule has 1 atom stereocenters. The van der Waals surface area contributed by atoms with Crippen molar-refractivity contribution in [3.63, 3.8) is 0 Å². The summed E-state index contributed by atoms with van der Waals surface area (Å²) in [6.45, 7) is 7.97. The van der Waals surface area contributed by atoms with Gasteiger partial charge in [-0.15, -0.1) is 22.7 Å². The number of hydrogen-bond donors (Lipinski definition) is 1. The van der Waals surface area contributed by atoms with Crippen LogP contribution in [0.15, 0.2) is 15.7 Å². The van der Waals surface area contributed by atoms with E-state index >= 15 is 0 Å². The van der Waals surface area contributed by atoms with Crippen LogP contribution in [-0.4, -0.2) is 67.9 Å². The number of rotatable bonds is 7. The summed E-state index contributed by atoms with van der Waals surface area (Å²) in [5.74, 6) is 0.0375.